The molecule has 0 spiro atoms. The van der Waals surface area contributed by atoms with Gasteiger partial charge in [-0.15, -0.1) is 0 Å². The van der Waals surface area contributed by atoms with Crippen molar-refractivity contribution in [3.05, 3.63) is 35.4 Å². The van der Waals surface area contributed by atoms with E-state index in [1.807, 2.05) is 17.0 Å². The minimum atomic E-state index is -0.410. The molecule has 1 aliphatic rings. The van der Waals surface area contributed by atoms with E-state index in [9.17, 15) is 9.59 Å². The number of carbonyl (C=O) groups excluding carboxylic acids is 2. The summed E-state index contributed by atoms with van der Waals surface area (Å²) in [6.07, 6.45) is 0.872. The third kappa shape index (κ3) is 3.12. The van der Waals surface area contributed by atoms with Crippen LogP contribution in [0.2, 0.25) is 0 Å². The van der Waals surface area contributed by atoms with Crippen molar-refractivity contribution >= 4 is 11.8 Å². The Balaban J connectivity index is 2.13. The lowest BCUT2D eigenvalue weighted by Gasteiger charge is -2.35. The van der Waals surface area contributed by atoms with Gasteiger partial charge in [-0.05, 0) is 23.6 Å². The summed E-state index contributed by atoms with van der Waals surface area (Å²) in [5.41, 5.74) is 7.61. The third-order valence-electron chi connectivity index (χ3n) is 3.36. The molecular weight excluding hydrogens is 242 g/mol. The molecule has 2 amide bonds. The summed E-state index contributed by atoms with van der Waals surface area (Å²) in [5, 5.41) is 2.74. The summed E-state index contributed by atoms with van der Waals surface area (Å²) < 4.78 is 0. The van der Waals surface area contributed by atoms with Crippen LogP contribution in [0.3, 0.4) is 0 Å². The first-order valence-corrected chi connectivity index (χ1v) is 6.36. The van der Waals surface area contributed by atoms with Crippen molar-refractivity contribution in [3.8, 4) is 0 Å². The number of nitrogens with zero attached hydrogens (tertiary/aromatic N) is 1. The zero-order chi connectivity index (χ0) is 13.8. The Morgan fingerprint density at radius 2 is 2.37 bits per heavy atom. The Morgan fingerprint density at radius 3 is 3.05 bits per heavy atom. The van der Waals surface area contributed by atoms with Crippen molar-refractivity contribution < 1.29 is 9.59 Å². The summed E-state index contributed by atoms with van der Waals surface area (Å²) >= 11 is 0. The topological polar surface area (TPSA) is 75.4 Å². The number of hydrogen-bond donors (Lipinski definition) is 2. The van der Waals surface area contributed by atoms with Crippen LogP contribution >= 0.6 is 0 Å². The van der Waals surface area contributed by atoms with Crippen molar-refractivity contribution in [1.82, 2.24) is 10.2 Å². The predicted molar refractivity (Wildman–Crippen MR) is 71.2 cm³/mol. The van der Waals surface area contributed by atoms with Crippen molar-refractivity contribution in [2.45, 2.75) is 19.4 Å². The van der Waals surface area contributed by atoms with Crippen LogP contribution in [0.5, 0.6) is 0 Å². The van der Waals surface area contributed by atoms with Crippen LogP contribution in [0.1, 0.15) is 24.1 Å². The Morgan fingerprint density at radius 1 is 1.58 bits per heavy atom. The molecule has 5 nitrogen and oxygen atoms in total. The first-order chi connectivity index (χ1) is 9.09. The van der Waals surface area contributed by atoms with Gasteiger partial charge in [0.05, 0.1) is 0 Å². The van der Waals surface area contributed by atoms with Crippen molar-refractivity contribution in [2.75, 3.05) is 19.6 Å². The molecule has 1 heterocycles. The molecule has 5 heteroatoms. The third-order valence-corrected chi connectivity index (χ3v) is 3.36. The molecule has 1 aromatic carbocycles. The fraction of sp³-hybridized carbons (Fsp3) is 0.429. The van der Waals surface area contributed by atoms with Gasteiger partial charge >= 0.3 is 0 Å². The maximum absolute atomic E-state index is 11.7. The first-order valence-electron chi connectivity index (χ1n) is 6.36. The maximum Gasteiger partial charge on any atom is 0.239 e. The standard InChI is InChI=1S/C14H18N3O2/c1-10(18)16-7-9-17-8-6-11-4-2-3-5-12(11)13(17)14(15)19/h3-5,13H,6-9H2,1H3,(H2,15,19)(H,16,18). The lowest BCUT2D eigenvalue weighted by molar-refractivity contribution is -0.123. The van der Waals surface area contributed by atoms with Gasteiger partial charge in [-0.2, -0.15) is 0 Å². The Kier molecular flexibility index (Phi) is 4.16. The van der Waals surface area contributed by atoms with E-state index in [2.05, 4.69) is 11.4 Å². The molecule has 3 N–H and O–H groups in total. The van der Waals surface area contributed by atoms with Gasteiger partial charge in [0.1, 0.15) is 6.04 Å². The second-order valence-electron chi connectivity index (χ2n) is 4.70. The smallest absolute Gasteiger partial charge is 0.239 e. The van der Waals surface area contributed by atoms with E-state index in [4.69, 9.17) is 5.73 Å². The summed E-state index contributed by atoms with van der Waals surface area (Å²) in [5.74, 6) is -0.419. The SMILES string of the molecule is CC(=O)NCCN1CCc2c[c]ccc2C1C(N)=O. The summed E-state index contributed by atoms with van der Waals surface area (Å²) in [4.78, 5) is 24.6. The minimum absolute atomic E-state index is 0.0670. The fourth-order valence-corrected chi connectivity index (χ4v) is 2.50. The highest BCUT2D eigenvalue weighted by atomic mass is 16.2. The number of hydrogen-bond acceptors (Lipinski definition) is 3. The average molecular weight is 260 g/mol. The van der Waals surface area contributed by atoms with Gasteiger partial charge in [-0.25, -0.2) is 0 Å². The van der Waals surface area contributed by atoms with E-state index in [1.54, 1.807) is 6.07 Å². The molecule has 101 valence electrons. The molecule has 19 heavy (non-hydrogen) atoms. The summed E-state index contributed by atoms with van der Waals surface area (Å²) in [6, 6.07) is 8.22. The van der Waals surface area contributed by atoms with Gasteiger partial charge < -0.3 is 11.1 Å². The molecule has 1 aliphatic heterocycles. The van der Waals surface area contributed by atoms with Crippen LogP contribution in [-0.2, 0) is 16.0 Å². The fourth-order valence-electron chi connectivity index (χ4n) is 2.50. The molecule has 1 atom stereocenters. The first kappa shape index (κ1) is 13.5. The second kappa shape index (κ2) is 5.84. The van der Waals surface area contributed by atoms with Crippen molar-refractivity contribution in [3.63, 3.8) is 0 Å². The van der Waals surface area contributed by atoms with Gasteiger partial charge in [-0.3, -0.25) is 14.5 Å². The molecule has 0 aromatic heterocycles. The normalized spacial score (nSPS) is 18.7. The monoisotopic (exact) mass is 260 g/mol. The lowest BCUT2D eigenvalue weighted by atomic mass is 9.92. The predicted octanol–water partition coefficient (Wildman–Crippen LogP) is 0.00739. The van der Waals surface area contributed by atoms with Crippen LogP contribution in [-0.4, -0.2) is 36.3 Å². The number of amides is 2. The van der Waals surface area contributed by atoms with Crippen LogP contribution in [0, 0.1) is 6.07 Å². The number of fused-ring (bicyclic) bond motifs is 1. The quantitative estimate of drug-likeness (QED) is 0.800. The second-order valence-corrected chi connectivity index (χ2v) is 4.70. The van der Waals surface area contributed by atoms with E-state index < -0.39 is 6.04 Å². The van der Waals surface area contributed by atoms with Gasteiger partial charge in [0, 0.05) is 26.6 Å². The molecular formula is C14H18N3O2. The summed E-state index contributed by atoms with van der Waals surface area (Å²) in [6.45, 7) is 3.38. The van der Waals surface area contributed by atoms with Gasteiger partial charge in [0.2, 0.25) is 11.8 Å². The van der Waals surface area contributed by atoms with Crippen molar-refractivity contribution in [2.24, 2.45) is 5.73 Å². The molecule has 0 aliphatic carbocycles. The molecule has 0 fully saturated rings. The Hall–Kier alpha value is -1.88. The Labute approximate surface area is 112 Å². The van der Waals surface area contributed by atoms with E-state index >= 15 is 0 Å². The highest BCUT2D eigenvalue weighted by Gasteiger charge is 2.30. The molecule has 1 unspecified atom stereocenters. The highest BCUT2D eigenvalue weighted by molar-refractivity contribution is 5.82. The van der Waals surface area contributed by atoms with E-state index in [0.29, 0.717) is 13.1 Å². The van der Waals surface area contributed by atoms with Crippen LogP contribution in [0.15, 0.2) is 18.2 Å². The van der Waals surface area contributed by atoms with Crippen molar-refractivity contribution in [1.29, 1.82) is 0 Å². The largest absolute Gasteiger partial charge is 0.368 e. The van der Waals surface area contributed by atoms with E-state index in [0.717, 1.165) is 24.1 Å². The molecule has 0 bridgehead atoms. The molecule has 0 saturated carbocycles. The number of benzene rings is 1. The number of nitrogens with two attached hydrogens (primary N) is 1. The summed E-state index contributed by atoms with van der Waals surface area (Å²) in [7, 11) is 0. The van der Waals surface area contributed by atoms with E-state index in [1.165, 1.54) is 6.92 Å². The van der Waals surface area contributed by atoms with Gasteiger partial charge in [0.25, 0.3) is 0 Å². The zero-order valence-corrected chi connectivity index (χ0v) is 11.0. The number of rotatable bonds is 4. The van der Waals surface area contributed by atoms with Gasteiger partial charge in [0.15, 0.2) is 0 Å². The minimum Gasteiger partial charge on any atom is -0.368 e. The molecule has 1 aromatic rings. The number of nitrogens with one attached hydrogen (secondary N) is 1. The molecule has 2 rings (SSSR count). The number of primary amides is 1. The molecule has 1 radical (unpaired) electrons. The van der Waals surface area contributed by atoms with E-state index in [-0.39, 0.29) is 11.8 Å². The zero-order valence-electron chi connectivity index (χ0n) is 11.0. The van der Waals surface area contributed by atoms with Crippen LogP contribution in [0.25, 0.3) is 0 Å². The maximum atomic E-state index is 11.7. The van der Waals surface area contributed by atoms with Crippen LogP contribution in [0.4, 0.5) is 0 Å². The number of carbonyl (C=O) groups is 2. The average Bonchev–Trinajstić information content (AvgIpc) is 2.37. The van der Waals surface area contributed by atoms with Crippen LogP contribution < -0.4 is 11.1 Å². The lowest BCUT2D eigenvalue weighted by Crippen LogP contribution is -2.45. The molecule has 0 saturated heterocycles. The highest BCUT2D eigenvalue weighted by Crippen LogP contribution is 2.28. The Bertz CT molecular complexity index is 487. The van der Waals surface area contributed by atoms with Gasteiger partial charge in [-0.1, -0.05) is 18.2 Å².